The number of nitrogens with zero attached hydrogens (tertiary/aromatic N) is 3. The van der Waals surface area contributed by atoms with Gasteiger partial charge in [-0.05, 0) is 19.1 Å². The Morgan fingerprint density at radius 1 is 1.22 bits per heavy atom. The predicted octanol–water partition coefficient (Wildman–Crippen LogP) is 1.78. The second-order valence-electron chi connectivity index (χ2n) is 4.60. The van der Waals surface area contributed by atoms with Gasteiger partial charge in [0, 0.05) is 5.39 Å². The van der Waals surface area contributed by atoms with E-state index in [2.05, 4.69) is 25.5 Å². The Morgan fingerprint density at radius 2 is 2.09 bits per heavy atom. The molecule has 116 valence electrons. The van der Waals surface area contributed by atoms with Crippen molar-refractivity contribution in [1.82, 2.24) is 20.2 Å². The van der Waals surface area contributed by atoms with Crippen LogP contribution in [0.1, 0.15) is 27.8 Å². The zero-order valence-corrected chi connectivity index (χ0v) is 12.2. The number of ether oxygens (including phenoxy) is 1. The number of carbonyl (C=O) groups excluding carboxylic acids is 2. The van der Waals surface area contributed by atoms with Crippen LogP contribution in [-0.4, -0.2) is 38.6 Å². The highest BCUT2D eigenvalue weighted by Gasteiger charge is 2.13. The molecule has 8 nitrogen and oxygen atoms in total. The fourth-order valence-electron chi connectivity index (χ4n) is 2.05. The first-order chi connectivity index (χ1) is 11.2. The highest BCUT2D eigenvalue weighted by molar-refractivity contribution is 6.12. The summed E-state index contributed by atoms with van der Waals surface area (Å²) in [5, 5.41) is 10.1. The number of esters is 1. The molecule has 2 N–H and O–H groups in total. The Morgan fingerprint density at radius 3 is 2.83 bits per heavy atom. The van der Waals surface area contributed by atoms with Gasteiger partial charge >= 0.3 is 5.97 Å². The van der Waals surface area contributed by atoms with E-state index in [0.29, 0.717) is 10.9 Å². The minimum Gasteiger partial charge on any atom is -0.461 e. The summed E-state index contributed by atoms with van der Waals surface area (Å²) in [6.45, 7) is 1.96. The van der Waals surface area contributed by atoms with Crippen LogP contribution in [0.5, 0.6) is 0 Å². The van der Waals surface area contributed by atoms with Crippen LogP contribution in [0.4, 0.5) is 5.82 Å². The number of carbonyl (C=O) groups is 2. The van der Waals surface area contributed by atoms with Crippen molar-refractivity contribution in [2.45, 2.75) is 6.92 Å². The van der Waals surface area contributed by atoms with Crippen LogP contribution in [0.3, 0.4) is 0 Å². The topological polar surface area (TPSA) is 110 Å². The lowest BCUT2D eigenvalue weighted by atomic mass is 10.1. The molecular formula is C15H13N5O3. The number of hydrogen-bond acceptors (Lipinski definition) is 6. The number of anilines is 1. The number of H-pyrrole nitrogens is 1. The van der Waals surface area contributed by atoms with Crippen molar-refractivity contribution >= 4 is 28.6 Å². The normalized spacial score (nSPS) is 10.5. The average molecular weight is 311 g/mol. The van der Waals surface area contributed by atoms with Crippen LogP contribution in [0.2, 0.25) is 0 Å². The van der Waals surface area contributed by atoms with Gasteiger partial charge in [0.1, 0.15) is 0 Å². The molecule has 0 fully saturated rings. The molecule has 0 radical (unpaired) electrons. The van der Waals surface area contributed by atoms with Gasteiger partial charge in [-0.1, -0.05) is 6.07 Å². The van der Waals surface area contributed by atoms with E-state index < -0.39 is 5.97 Å². The number of aromatic nitrogens is 4. The summed E-state index contributed by atoms with van der Waals surface area (Å²) in [6.07, 6.45) is 4.14. The number of nitrogens with one attached hydrogen (secondary N) is 2. The molecule has 0 aliphatic rings. The standard InChI is InChI=1S/C15H13N5O3/c1-2-23-15(22)12-7-17-13(8-16-12)19-14(21)9-4-3-5-11-10(9)6-18-20-11/h3-8H,2H2,1H3,(H,18,20)(H,17,19,21). The van der Waals surface area contributed by atoms with Crippen molar-refractivity contribution in [2.75, 3.05) is 11.9 Å². The van der Waals surface area contributed by atoms with Gasteiger partial charge < -0.3 is 10.1 Å². The van der Waals surface area contributed by atoms with Gasteiger partial charge in [0.05, 0.1) is 36.3 Å². The Hall–Kier alpha value is -3.29. The van der Waals surface area contributed by atoms with Crippen LogP contribution in [0.15, 0.2) is 36.8 Å². The molecule has 0 saturated heterocycles. The first-order valence-electron chi connectivity index (χ1n) is 6.91. The van der Waals surface area contributed by atoms with E-state index in [4.69, 9.17) is 4.74 Å². The molecular weight excluding hydrogens is 298 g/mol. The second-order valence-corrected chi connectivity index (χ2v) is 4.60. The summed E-state index contributed by atoms with van der Waals surface area (Å²) < 4.78 is 4.82. The van der Waals surface area contributed by atoms with E-state index in [9.17, 15) is 9.59 Å². The maximum absolute atomic E-state index is 12.3. The molecule has 0 saturated carbocycles. The van der Waals surface area contributed by atoms with Gasteiger partial charge in [-0.25, -0.2) is 14.8 Å². The van der Waals surface area contributed by atoms with Crippen LogP contribution in [0.25, 0.3) is 10.9 Å². The Kier molecular flexibility index (Phi) is 3.96. The van der Waals surface area contributed by atoms with Crippen molar-refractivity contribution in [1.29, 1.82) is 0 Å². The van der Waals surface area contributed by atoms with E-state index in [-0.39, 0.29) is 24.0 Å². The lowest BCUT2D eigenvalue weighted by molar-refractivity contribution is 0.0519. The largest absolute Gasteiger partial charge is 0.461 e. The van der Waals surface area contributed by atoms with E-state index in [1.165, 1.54) is 12.4 Å². The van der Waals surface area contributed by atoms with Gasteiger partial charge in [0.15, 0.2) is 11.5 Å². The molecule has 0 atom stereocenters. The van der Waals surface area contributed by atoms with Gasteiger partial charge in [-0.2, -0.15) is 5.10 Å². The maximum atomic E-state index is 12.3. The third kappa shape index (κ3) is 3.00. The molecule has 1 aromatic carbocycles. The summed E-state index contributed by atoms with van der Waals surface area (Å²) >= 11 is 0. The smallest absolute Gasteiger partial charge is 0.358 e. The zero-order valence-electron chi connectivity index (χ0n) is 12.2. The summed E-state index contributed by atoms with van der Waals surface area (Å²) in [4.78, 5) is 31.8. The van der Waals surface area contributed by atoms with Crippen molar-refractivity contribution in [3.63, 3.8) is 0 Å². The average Bonchev–Trinajstić information content (AvgIpc) is 3.04. The molecule has 2 aromatic heterocycles. The number of hydrogen-bond donors (Lipinski definition) is 2. The first kappa shape index (κ1) is 14.6. The van der Waals surface area contributed by atoms with Crippen molar-refractivity contribution < 1.29 is 14.3 Å². The number of benzene rings is 1. The van der Waals surface area contributed by atoms with Crippen molar-refractivity contribution in [3.05, 3.63) is 48.0 Å². The van der Waals surface area contributed by atoms with Crippen molar-refractivity contribution in [3.8, 4) is 0 Å². The number of amides is 1. The van der Waals surface area contributed by atoms with Gasteiger partial charge in [-0.15, -0.1) is 0 Å². The molecule has 0 aliphatic heterocycles. The summed E-state index contributed by atoms with van der Waals surface area (Å²) in [5.74, 6) is -0.653. The molecule has 0 bridgehead atoms. The number of fused-ring (bicyclic) bond motifs is 1. The van der Waals surface area contributed by atoms with Gasteiger partial charge in [-0.3, -0.25) is 9.89 Å². The Labute approximate surface area is 130 Å². The number of aromatic amines is 1. The molecule has 8 heteroatoms. The molecule has 2 heterocycles. The van der Waals surface area contributed by atoms with Gasteiger partial charge in [0.25, 0.3) is 5.91 Å². The lowest BCUT2D eigenvalue weighted by Gasteiger charge is -2.06. The van der Waals surface area contributed by atoms with E-state index in [1.807, 2.05) is 6.07 Å². The molecule has 23 heavy (non-hydrogen) atoms. The molecule has 3 rings (SSSR count). The minimum absolute atomic E-state index is 0.0850. The summed E-state index contributed by atoms with van der Waals surface area (Å²) in [7, 11) is 0. The fraction of sp³-hybridized carbons (Fsp3) is 0.133. The van der Waals surface area contributed by atoms with Gasteiger partial charge in [0.2, 0.25) is 0 Å². The highest BCUT2D eigenvalue weighted by Crippen LogP contribution is 2.17. The molecule has 3 aromatic rings. The monoisotopic (exact) mass is 311 g/mol. The number of rotatable bonds is 4. The summed E-state index contributed by atoms with van der Waals surface area (Å²) in [6, 6.07) is 5.27. The Balaban J connectivity index is 1.78. The maximum Gasteiger partial charge on any atom is 0.358 e. The van der Waals surface area contributed by atoms with Crippen molar-refractivity contribution in [2.24, 2.45) is 0 Å². The van der Waals surface area contributed by atoms with E-state index in [0.717, 1.165) is 5.52 Å². The van der Waals surface area contributed by atoms with Crippen LogP contribution in [0, 0.1) is 0 Å². The first-order valence-corrected chi connectivity index (χ1v) is 6.91. The van der Waals surface area contributed by atoms with E-state index >= 15 is 0 Å². The van der Waals surface area contributed by atoms with Crippen LogP contribution < -0.4 is 5.32 Å². The molecule has 0 aliphatic carbocycles. The third-order valence-electron chi connectivity index (χ3n) is 3.11. The van der Waals surface area contributed by atoms with Crippen LogP contribution >= 0.6 is 0 Å². The lowest BCUT2D eigenvalue weighted by Crippen LogP contribution is -2.14. The van der Waals surface area contributed by atoms with E-state index in [1.54, 1.807) is 25.3 Å². The second kappa shape index (κ2) is 6.22. The predicted molar refractivity (Wildman–Crippen MR) is 82.0 cm³/mol. The zero-order chi connectivity index (χ0) is 16.2. The Bertz CT molecular complexity index is 857. The SMILES string of the molecule is CCOC(=O)c1cnc(NC(=O)c2cccc3[nH]ncc23)cn1. The molecule has 0 spiro atoms. The highest BCUT2D eigenvalue weighted by atomic mass is 16.5. The minimum atomic E-state index is -0.555. The van der Waals surface area contributed by atoms with Crippen LogP contribution in [-0.2, 0) is 4.74 Å². The fourth-order valence-corrected chi connectivity index (χ4v) is 2.05. The third-order valence-corrected chi connectivity index (χ3v) is 3.11. The molecule has 0 unspecified atom stereocenters. The quantitative estimate of drug-likeness (QED) is 0.711. The summed E-state index contributed by atoms with van der Waals surface area (Å²) in [5.41, 5.74) is 1.32. The molecule has 1 amide bonds.